The second kappa shape index (κ2) is 4.80. The zero-order valence-electron chi connectivity index (χ0n) is 10.4. The molecule has 0 N–H and O–H groups in total. The molecule has 0 bridgehead atoms. The number of ketones is 1. The van der Waals surface area contributed by atoms with Crippen molar-refractivity contribution in [1.82, 2.24) is 0 Å². The van der Waals surface area contributed by atoms with E-state index >= 15 is 0 Å². The molecular weight excluding hydrogens is 287 g/mol. The van der Waals surface area contributed by atoms with Crippen LogP contribution in [0.5, 0.6) is 0 Å². The van der Waals surface area contributed by atoms with Gasteiger partial charge in [-0.3, -0.25) is 4.79 Å². The Balaban J connectivity index is 2.69. The number of rotatable bonds is 3. The molecule has 18 heavy (non-hydrogen) atoms. The molecule has 0 radical (unpaired) electrons. The maximum Gasteiger partial charge on any atom is 0.144 e. The van der Waals surface area contributed by atoms with Crippen molar-refractivity contribution in [3.63, 3.8) is 0 Å². The van der Waals surface area contributed by atoms with E-state index in [2.05, 4.69) is 0 Å². The first-order chi connectivity index (χ1) is 8.30. The fourth-order valence-electron chi connectivity index (χ4n) is 2.22. The van der Waals surface area contributed by atoms with Gasteiger partial charge in [0.05, 0.1) is 12.8 Å². The van der Waals surface area contributed by atoms with Crippen molar-refractivity contribution in [2.45, 2.75) is 12.6 Å². The van der Waals surface area contributed by atoms with Crippen molar-refractivity contribution in [3.8, 4) is 0 Å². The summed E-state index contributed by atoms with van der Waals surface area (Å²) in [6.45, 7) is 4.82. The molecule has 2 rings (SSSR count). The maximum absolute atomic E-state index is 12.3. The summed E-state index contributed by atoms with van der Waals surface area (Å²) in [6.07, 6.45) is 0. The third kappa shape index (κ3) is 2.54. The van der Waals surface area contributed by atoms with Crippen molar-refractivity contribution in [1.29, 1.82) is 0 Å². The molecule has 5 heteroatoms. The second-order valence-corrected chi connectivity index (χ2v) is 9.51. The van der Waals surface area contributed by atoms with Crippen LogP contribution < -0.4 is 0 Å². The summed E-state index contributed by atoms with van der Waals surface area (Å²) >= 11 is 7.55. The van der Waals surface area contributed by atoms with Gasteiger partial charge in [-0.15, -0.1) is 11.3 Å². The van der Waals surface area contributed by atoms with Gasteiger partial charge in [-0.2, -0.15) is 0 Å². The molecule has 1 aromatic heterocycles. The molecule has 2 nitrogen and oxygen atoms in total. The molecule has 1 atom stereocenters. The average Bonchev–Trinajstić information content (AvgIpc) is 2.59. The first-order valence-electron chi connectivity index (χ1n) is 5.52. The Labute approximate surface area is 115 Å². The van der Waals surface area contributed by atoms with Gasteiger partial charge in [0.1, 0.15) is 5.78 Å². The van der Waals surface area contributed by atoms with Crippen molar-refractivity contribution < 1.29 is 9.36 Å². The van der Waals surface area contributed by atoms with E-state index in [1.54, 1.807) is 24.7 Å². The van der Waals surface area contributed by atoms with Gasteiger partial charge >= 0.3 is 0 Å². The number of fused-ring (bicyclic) bond motifs is 1. The summed E-state index contributed by atoms with van der Waals surface area (Å²) in [4.78, 5) is 11.8. The monoisotopic (exact) mass is 300 g/mol. The Morgan fingerprint density at radius 3 is 2.61 bits per heavy atom. The Bertz CT molecular complexity index is 656. The summed E-state index contributed by atoms with van der Waals surface area (Å²) in [5, 5.41) is 3.50. The lowest BCUT2D eigenvalue weighted by atomic mass is 10.1. The highest BCUT2D eigenvalue weighted by molar-refractivity contribution is 7.63. The zero-order chi connectivity index (χ0) is 13.5. The lowest BCUT2D eigenvalue weighted by Gasteiger charge is -2.18. The van der Waals surface area contributed by atoms with E-state index < -0.39 is 12.8 Å². The largest absolute Gasteiger partial charge is 0.323 e. The van der Waals surface area contributed by atoms with Gasteiger partial charge in [0.2, 0.25) is 0 Å². The van der Waals surface area contributed by atoms with Gasteiger partial charge in [-0.1, -0.05) is 11.6 Å². The van der Waals surface area contributed by atoms with Gasteiger partial charge in [-0.25, -0.2) is 0 Å². The Morgan fingerprint density at radius 1 is 1.39 bits per heavy atom. The van der Waals surface area contributed by atoms with E-state index in [1.807, 2.05) is 23.6 Å². The van der Waals surface area contributed by atoms with Crippen LogP contribution in [0.4, 0.5) is 0 Å². The maximum atomic E-state index is 12.3. The summed E-state index contributed by atoms with van der Waals surface area (Å²) in [5.41, 5.74) is 0.322. The fraction of sp³-hybridized carbons (Fsp3) is 0.308. The number of Topliss-reactive ketones (excluding diaryl/α,β-unsaturated/α-hetero) is 1. The van der Waals surface area contributed by atoms with Gasteiger partial charge in [0.25, 0.3) is 0 Å². The second-order valence-electron chi connectivity index (χ2n) is 4.78. The molecule has 0 fully saturated rings. The molecule has 0 aliphatic rings. The SMILES string of the molecule is CC(=O)C(c1csc2ccc(Cl)cc12)P(C)(C)=O. The first-order valence-corrected chi connectivity index (χ1v) is 9.45. The Hall–Kier alpha value is -0.630. The van der Waals surface area contributed by atoms with Gasteiger partial charge < -0.3 is 4.57 Å². The van der Waals surface area contributed by atoms with Crippen LogP contribution in [-0.2, 0) is 9.36 Å². The summed E-state index contributed by atoms with van der Waals surface area (Å²) < 4.78 is 13.4. The van der Waals surface area contributed by atoms with Crippen LogP contribution in [0.25, 0.3) is 10.1 Å². The summed E-state index contributed by atoms with van der Waals surface area (Å²) in [6, 6.07) is 5.60. The predicted octanol–water partition coefficient (Wildman–Crippen LogP) is 4.81. The van der Waals surface area contributed by atoms with Crippen LogP contribution in [-0.4, -0.2) is 19.1 Å². The van der Waals surface area contributed by atoms with Gasteiger partial charge in [0.15, 0.2) is 0 Å². The molecule has 0 aliphatic carbocycles. The van der Waals surface area contributed by atoms with E-state index in [0.29, 0.717) is 5.02 Å². The average molecular weight is 301 g/mol. The van der Waals surface area contributed by atoms with Crippen LogP contribution in [0, 0.1) is 0 Å². The molecule has 1 unspecified atom stereocenters. The zero-order valence-corrected chi connectivity index (χ0v) is 12.9. The number of carbonyl (C=O) groups is 1. The fourth-order valence-corrected chi connectivity index (χ4v) is 5.22. The van der Waals surface area contributed by atoms with E-state index in [0.717, 1.165) is 15.6 Å². The molecule has 96 valence electrons. The molecule has 0 saturated carbocycles. The van der Waals surface area contributed by atoms with Crippen LogP contribution in [0.2, 0.25) is 5.02 Å². The molecule has 0 amide bonds. The summed E-state index contributed by atoms with van der Waals surface area (Å²) in [5.74, 6) is -0.0528. The standard InChI is InChI=1S/C13H14ClO2PS/c1-8(15)13(17(2,3)16)11-7-18-12-5-4-9(14)6-10(11)12/h4-7,13H,1-3H3. The third-order valence-corrected chi connectivity index (χ3v) is 5.97. The minimum absolute atomic E-state index is 0.0528. The molecule has 0 aliphatic heterocycles. The molecule has 1 aromatic carbocycles. The van der Waals surface area contributed by atoms with Gasteiger partial charge in [-0.05, 0) is 54.8 Å². The van der Waals surface area contributed by atoms with Crippen LogP contribution in [0.3, 0.4) is 0 Å². The van der Waals surface area contributed by atoms with E-state index in [4.69, 9.17) is 11.6 Å². The summed E-state index contributed by atoms with van der Waals surface area (Å²) in [7, 11) is -2.53. The number of thiophene rings is 1. The van der Waals surface area contributed by atoms with Crippen molar-refractivity contribution >= 4 is 45.9 Å². The lowest BCUT2D eigenvalue weighted by molar-refractivity contribution is -0.116. The van der Waals surface area contributed by atoms with Gasteiger partial charge in [0, 0.05) is 9.72 Å². The number of benzene rings is 1. The minimum atomic E-state index is -2.53. The number of carbonyl (C=O) groups excluding carboxylic acids is 1. The van der Waals surface area contributed by atoms with E-state index in [1.165, 1.54) is 6.92 Å². The molecule has 1 heterocycles. The lowest BCUT2D eigenvalue weighted by Crippen LogP contribution is -2.08. The topological polar surface area (TPSA) is 34.1 Å². The minimum Gasteiger partial charge on any atom is -0.323 e. The van der Waals surface area contributed by atoms with E-state index in [9.17, 15) is 9.36 Å². The highest BCUT2D eigenvalue weighted by atomic mass is 35.5. The number of halogens is 1. The third-order valence-electron chi connectivity index (χ3n) is 2.87. The molecule has 0 spiro atoms. The van der Waals surface area contributed by atoms with Crippen molar-refractivity contribution in [2.24, 2.45) is 0 Å². The van der Waals surface area contributed by atoms with E-state index in [-0.39, 0.29) is 5.78 Å². The molecular formula is C13H14ClO2PS. The Morgan fingerprint density at radius 2 is 2.06 bits per heavy atom. The number of hydrogen-bond donors (Lipinski definition) is 0. The quantitative estimate of drug-likeness (QED) is 0.762. The van der Waals surface area contributed by atoms with Crippen LogP contribution in [0.15, 0.2) is 23.6 Å². The Kier molecular flexibility index (Phi) is 3.68. The van der Waals surface area contributed by atoms with Crippen molar-refractivity contribution in [3.05, 3.63) is 34.2 Å². The number of hydrogen-bond acceptors (Lipinski definition) is 3. The smallest absolute Gasteiger partial charge is 0.144 e. The highest BCUT2D eigenvalue weighted by Crippen LogP contribution is 2.55. The van der Waals surface area contributed by atoms with Crippen molar-refractivity contribution in [2.75, 3.05) is 13.3 Å². The molecule has 0 saturated heterocycles. The normalized spacial score (nSPS) is 13.8. The predicted molar refractivity (Wildman–Crippen MR) is 79.7 cm³/mol. The van der Waals surface area contributed by atoms with Crippen LogP contribution in [0.1, 0.15) is 18.1 Å². The van der Waals surface area contributed by atoms with Crippen LogP contribution >= 0.6 is 30.1 Å². The molecule has 2 aromatic rings. The first kappa shape index (κ1) is 13.8. The highest BCUT2D eigenvalue weighted by Gasteiger charge is 2.31.